The largest absolute Gasteiger partial charge is 0.302 e. The number of hydrogen-bond acceptors (Lipinski definition) is 7. The number of nitrogens with one attached hydrogen (secondary N) is 1. The van der Waals surface area contributed by atoms with Crippen LogP contribution in [0, 0.1) is 0 Å². The molecule has 0 spiro atoms. The van der Waals surface area contributed by atoms with Crippen LogP contribution in [0.4, 0.5) is 5.13 Å². The zero-order valence-corrected chi connectivity index (χ0v) is 18.4. The molecule has 7 nitrogen and oxygen atoms in total. The predicted molar refractivity (Wildman–Crippen MR) is 113 cm³/mol. The molecule has 1 aliphatic heterocycles. The first-order valence-corrected chi connectivity index (χ1v) is 12.6. The molecule has 0 saturated carbocycles. The molecular formula is C18H26N4O3S3. The number of thiophene rings is 1. The number of piperidine rings is 1. The number of thiazole rings is 1. The van der Waals surface area contributed by atoms with E-state index in [-0.39, 0.29) is 12.3 Å². The fraction of sp³-hybridized carbons (Fsp3) is 0.556. The Morgan fingerprint density at radius 3 is 2.79 bits per heavy atom. The topological polar surface area (TPSA) is 82.6 Å². The van der Waals surface area contributed by atoms with Crippen molar-refractivity contribution in [2.45, 2.75) is 42.9 Å². The molecule has 0 bridgehead atoms. The van der Waals surface area contributed by atoms with E-state index in [4.69, 9.17) is 0 Å². The molecule has 2 aromatic rings. The summed E-state index contributed by atoms with van der Waals surface area (Å²) < 4.78 is 26.3. The van der Waals surface area contributed by atoms with E-state index in [2.05, 4.69) is 15.2 Å². The van der Waals surface area contributed by atoms with Crippen LogP contribution in [-0.2, 0) is 21.4 Å². The van der Waals surface area contributed by atoms with Crippen molar-refractivity contribution in [2.24, 2.45) is 0 Å². The molecule has 28 heavy (non-hydrogen) atoms. The third kappa shape index (κ3) is 5.84. The Labute approximate surface area is 174 Å². The second kappa shape index (κ2) is 9.93. The van der Waals surface area contributed by atoms with Crippen LogP contribution in [0.1, 0.15) is 37.8 Å². The number of carbonyl (C=O) groups is 1. The highest BCUT2D eigenvalue weighted by Crippen LogP contribution is 2.21. The van der Waals surface area contributed by atoms with Gasteiger partial charge in [0.05, 0.1) is 5.69 Å². The van der Waals surface area contributed by atoms with Crippen LogP contribution in [0.3, 0.4) is 0 Å². The second-order valence-electron chi connectivity index (χ2n) is 6.89. The van der Waals surface area contributed by atoms with E-state index >= 15 is 0 Å². The lowest BCUT2D eigenvalue weighted by Gasteiger charge is -2.25. The summed E-state index contributed by atoms with van der Waals surface area (Å²) in [6.45, 7) is 3.35. The number of carbonyl (C=O) groups excluding carboxylic acids is 1. The molecule has 2 aromatic heterocycles. The molecule has 1 N–H and O–H groups in total. The van der Waals surface area contributed by atoms with Gasteiger partial charge in [0.15, 0.2) is 5.13 Å². The first-order chi connectivity index (χ1) is 13.4. The number of sulfonamides is 1. The van der Waals surface area contributed by atoms with Gasteiger partial charge in [-0.1, -0.05) is 12.5 Å². The average molecular weight is 443 g/mol. The summed E-state index contributed by atoms with van der Waals surface area (Å²) in [6, 6.07) is 3.31. The van der Waals surface area contributed by atoms with Gasteiger partial charge in [0.1, 0.15) is 4.21 Å². The van der Waals surface area contributed by atoms with Crippen molar-refractivity contribution in [3.8, 4) is 0 Å². The van der Waals surface area contributed by atoms with E-state index < -0.39 is 10.0 Å². The highest BCUT2D eigenvalue weighted by Gasteiger charge is 2.21. The molecule has 0 atom stereocenters. The van der Waals surface area contributed by atoms with E-state index in [1.165, 1.54) is 46.2 Å². The van der Waals surface area contributed by atoms with Gasteiger partial charge in [-0.05, 0) is 43.8 Å². The van der Waals surface area contributed by atoms with Crippen molar-refractivity contribution < 1.29 is 13.2 Å². The highest BCUT2D eigenvalue weighted by atomic mass is 32.2. The highest BCUT2D eigenvalue weighted by molar-refractivity contribution is 7.91. The number of hydrogen-bond donors (Lipinski definition) is 1. The number of anilines is 1. The zero-order chi connectivity index (χ0) is 20.0. The smallest absolute Gasteiger partial charge is 0.252 e. The van der Waals surface area contributed by atoms with Crippen LogP contribution in [0.15, 0.2) is 27.1 Å². The summed E-state index contributed by atoms with van der Waals surface area (Å²) in [5, 5.41) is 7.16. The number of nitrogens with zero attached hydrogens (tertiary/aromatic N) is 3. The number of rotatable bonds is 9. The standard InChI is InChI=1S/C18H26N4O3S3/c1-21(28(24,25)17-8-6-12-26-17)9-5-7-16(23)20-18-19-15(14-27-18)13-22-10-3-2-4-11-22/h6,8,12,14H,2-5,7,9-11,13H2,1H3,(H,19,20,23). The van der Waals surface area contributed by atoms with Crippen LogP contribution in [-0.4, -0.2) is 55.2 Å². The molecule has 10 heteroatoms. The Hall–Kier alpha value is -1.33. The Bertz CT molecular complexity index is 859. The van der Waals surface area contributed by atoms with Crippen molar-refractivity contribution in [3.63, 3.8) is 0 Å². The summed E-state index contributed by atoms with van der Waals surface area (Å²) >= 11 is 2.63. The fourth-order valence-corrected chi connectivity index (χ4v) is 6.24. The lowest BCUT2D eigenvalue weighted by Crippen LogP contribution is -2.29. The molecule has 0 unspecified atom stereocenters. The van der Waals surface area contributed by atoms with Crippen LogP contribution in [0.5, 0.6) is 0 Å². The lowest BCUT2D eigenvalue weighted by atomic mass is 10.1. The van der Waals surface area contributed by atoms with Gasteiger partial charge in [0, 0.05) is 31.9 Å². The first kappa shape index (κ1) is 21.4. The van der Waals surface area contributed by atoms with Gasteiger partial charge < -0.3 is 5.32 Å². The average Bonchev–Trinajstić information content (AvgIpc) is 3.35. The molecule has 3 heterocycles. The number of likely N-dealkylation sites (tertiary alicyclic amines) is 1. The molecule has 1 amide bonds. The molecule has 0 aromatic carbocycles. The van der Waals surface area contributed by atoms with Gasteiger partial charge >= 0.3 is 0 Å². The van der Waals surface area contributed by atoms with Crippen molar-refractivity contribution in [3.05, 3.63) is 28.6 Å². The SMILES string of the molecule is CN(CCCC(=O)Nc1nc(CN2CCCCC2)cs1)S(=O)(=O)c1cccs1. The summed E-state index contributed by atoms with van der Waals surface area (Å²) in [4.78, 5) is 19.0. The van der Waals surface area contributed by atoms with Crippen LogP contribution >= 0.6 is 22.7 Å². The van der Waals surface area contributed by atoms with E-state index in [1.54, 1.807) is 24.6 Å². The Kier molecular flexibility index (Phi) is 7.58. The summed E-state index contributed by atoms with van der Waals surface area (Å²) in [5.41, 5.74) is 0.990. The summed E-state index contributed by atoms with van der Waals surface area (Å²) in [6.07, 6.45) is 4.50. The minimum Gasteiger partial charge on any atom is -0.302 e. The molecule has 1 aliphatic rings. The van der Waals surface area contributed by atoms with Gasteiger partial charge in [-0.15, -0.1) is 22.7 Å². The Morgan fingerprint density at radius 2 is 2.07 bits per heavy atom. The van der Waals surface area contributed by atoms with Crippen LogP contribution in [0.2, 0.25) is 0 Å². The molecule has 3 rings (SSSR count). The third-order valence-corrected chi connectivity index (χ3v) is 8.71. The van der Waals surface area contributed by atoms with E-state index in [0.717, 1.165) is 25.3 Å². The van der Waals surface area contributed by atoms with Gasteiger partial charge in [0.25, 0.3) is 10.0 Å². The first-order valence-electron chi connectivity index (χ1n) is 9.41. The van der Waals surface area contributed by atoms with Crippen molar-refractivity contribution >= 4 is 43.7 Å². The molecular weight excluding hydrogens is 416 g/mol. The quantitative estimate of drug-likeness (QED) is 0.645. The summed E-state index contributed by atoms with van der Waals surface area (Å²) in [7, 11) is -1.92. The van der Waals surface area contributed by atoms with Crippen molar-refractivity contribution in [2.75, 3.05) is 32.0 Å². The van der Waals surface area contributed by atoms with Crippen LogP contribution in [0.25, 0.3) is 0 Å². The van der Waals surface area contributed by atoms with Crippen molar-refractivity contribution in [1.82, 2.24) is 14.2 Å². The second-order valence-corrected chi connectivity index (χ2v) is 11.0. The van der Waals surface area contributed by atoms with Gasteiger partial charge in [-0.3, -0.25) is 9.69 Å². The zero-order valence-electron chi connectivity index (χ0n) is 16.0. The lowest BCUT2D eigenvalue weighted by molar-refractivity contribution is -0.116. The predicted octanol–water partition coefficient (Wildman–Crippen LogP) is 3.23. The normalized spacial score (nSPS) is 15.8. The molecule has 1 saturated heterocycles. The molecule has 1 fully saturated rings. The van der Waals surface area contributed by atoms with Gasteiger partial charge in [0.2, 0.25) is 5.91 Å². The minimum atomic E-state index is -3.46. The maximum atomic E-state index is 12.3. The van der Waals surface area contributed by atoms with Crippen LogP contribution < -0.4 is 5.32 Å². The molecule has 154 valence electrons. The maximum absolute atomic E-state index is 12.3. The van der Waals surface area contributed by atoms with Crippen molar-refractivity contribution in [1.29, 1.82) is 0 Å². The maximum Gasteiger partial charge on any atom is 0.252 e. The number of amides is 1. The number of aromatic nitrogens is 1. The fourth-order valence-electron chi connectivity index (χ4n) is 3.11. The monoisotopic (exact) mass is 442 g/mol. The molecule has 0 aliphatic carbocycles. The van der Waals surface area contributed by atoms with Gasteiger partial charge in [-0.2, -0.15) is 0 Å². The van der Waals surface area contributed by atoms with Gasteiger partial charge in [-0.25, -0.2) is 17.7 Å². The van der Waals surface area contributed by atoms with E-state index in [1.807, 2.05) is 5.38 Å². The minimum absolute atomic E-state index is 0.138. The third-order valence-electron chi connectivity index (χ3n) is 4.67. The van der Waals surface area contributed by atoms with E-state index in [0.29, 0.717) is 22.3 Å². The molecule has 0 radical (unpaired) electrons. The Balaban J connectivity index is 1.41. The van der Waals surface area contributed by atoms with E-state index in [9.17, 15) is 13.2 Å². The summed E-state index contributed by atoms with van der Waals surface area (Å²) in [5.74, 6) is -0.138. The Morgan fingerprint density at radius 1 is 1.29 bits per heavy atom.